The van der Waals surface area contributed by atoms with E-state index in [4.69, 9.17) is 4.74 Å². The van der Waals surface area contributed by atoms with Gasteiger partial charge in [0.1, 0.15) is 5.70 Å². The van der Waals surface area contributed by atoms with Gasteiger partial charge in [-0.05, 0) is 13.3 Å². The molecule has 1 heterocycles. The molecule has 1 fully saturated rings. The molecular formula is C14H21F3N2O2. The fraction of sp³-hybridized carbons (Fsp3) is 0.643. The fourth-order valence-corrected chi connectivity index (χ4v) is 2.29. The number of hydrogen-bond acceptors (Lipinski definition) is 4. The Kier molecular flexibility index (Phi) is 6.26. The van der Waals surface area contributed by atoms with Gasteiger partial charge in [-0.2, -0.15) is 13.2 Å². The van der Waals surface area contributed by atoms with E-state index in [9.17, 15) is 18.0 Å². The lowest BCUT2D eigenvalue weighted by Crippen LogP contribution is -2.51. The third-order valence-electron chi connectivity index (χ3n) is 3.02. The van der Waals surface area contributed by atoms with E-state index in [1.54, 1.807) is 13.0 Å². The molecule has 0 radical (unpaired) electrons. The lowest BCUT2D eigenvalue weighted by Gasteiger charge is -2.40. The molecule has 1 unspecified atom stereocenters. The Labute approximate surface area is 122 Å². The maximum Gasteiger partial charge on any atom is 0.391 e. The Morgan fingerprint density at radius 3 is 2.71 bits per heavy atom. The zero-order chi connectivity index (χ0) is 16.0. The van der Waals surface area contributed by atoms with Crippen LogP contribution < -0.4 is 5.32 Å². The van der Waals surface area contributed by atoms with Gasteiger partial charge >= 0.3 is 12.1 Å². The number of hydrogen-bond donors (Lipinski definition) is 1. The summed E-state index contributed by atoms with van der Waals surface area (Å²) >= 11 is 0. The number of allylic oxidation sites excluding steroid dienone is 1. The molecule has 0 amide bonds. The molecule has 1 aliphatic rings. The predicted octanol–water partition coefficient (Wildman–Crippen LogP) is 2.58. The van der Waals surface area contributed by atoms with Crippen molar-refractivity contribution in [3.8, 4) is 0 Å². The zero-order valence-electron chi connectivity index (χ0n) is 12.3. The van der Waals surface area contributed by atoms with Gasteiger partial charge in [-0.1, -0.05) is 19.6 Å². The summed E-state index contributed by atoms with van der Waals surface area (Å²) in [7, 11) is 0. The van der Waals surface area contributed by atoms with Gasteiger partial charge < -0.3 is 15.0 Å². The van der Waals surface area contributed by atoms with Gasteiger partial charge in [0.15, 0.2) is 0 Å². The second-order valence-corrected chi connectivity index (χ2v) is 4.76. The van der Waals surface area contributed by atoms with Crippen LogP contribution in [0, 0.1) is 0 Å². The molecule has 0 saturated carbocycles. The molecule has 0 aromatic carbocycles. The van der Waals surface area contributed by atoms with Gasteiger partial charge in [0.05, 0.1) is 19.1 Å². The van der Waals surface area contributed by atoms with E-state index in [-0.39, 0.29) is 18.8 Å². The van der Waals surface area contributed by atoms with Crippen molar-refractivity contribution in [2.75, 3.05) is 19.7 Å². The van der Waals surface area contributed by atoms with Crippen LogP contribution in [-0.2, 0) is 9.53 Å². The molecule has 1 N–H and O–H groups in total. The number of rotatable bonds is 5. The van der Waals surface area contributed by atoms with Crippen LogP contribution in [0.4, 0.5) is 13.2 Å². The summed E-state index contributed by atoms with van der Waals surface area (Å²) in [5.41, 5.74) is 0.573. The second-order valence-electron chi connectivity index (χ2n) is 4.76. The third kappa shape index (κ3) is 5.08. The van der Waals surface area contributed by atoms with Gasteiger partial charge in [-0.3, -0.25) is 0 Å². The molecule has 120 valence electrons. The summed E-state index contributed by atoms with van der Waals surface area (Å²) in [6.45, 7) is 7.88. The van der Waals surface area contributed by atoms with Crippen LogP contribution >= 0.6 is 0 Å². The number of carbonyl (C=O) groups is 1. The molecule has 1 atom stereocenters. The number of halogens is 3. The summed E-state index contributed by atoms with van der Waals surface area (Å²) in [5.74, 6) is -0.616. The minimum atomic E-state index is -4.31. The first-order valence-corrected chi connectivity index (χ1v) is 6.91. The number of esters is 1. The standard InChI is InChI=1S/C14H21F3N2O2/c1-4-6-12(13(20)21-5-2)19-10(3)8-18-9-11(19)7-14(15,16)17/h6,11,18H,3-5,7-9H2,1-2H3/b12-6-. The lowest BCUT2D eigenvalue weighted by atomic mass is 10.1. The highest BCUT2D eigenvalue weighted by atomic mass is 19.4. The summed E-state index contributed by atoms with van der Waals surface area (Å²) in [5, 5.41) is 2.88. The normalized spacial score (nSPS) is 20.6. The van der Waals surface area contributed by atoms with Crippen molar-refractivity contribution in [1.82, 2.24) is 10.2 Å². The average molecular weight is 306 g/mol. The van der Waals surface area contributed by atoms with Crippen LogP contribution in [0.1, 0.15) is 26.7 Å². The van der Waals surface area contributed by atoms with Crippen molar-refractivity contribution in [2.24, 2.45) is 0 Å². The molecule has 1 saturated heterocycles. The first-order valence-electron chi connectivity index (χ1n) is 6.91. The maximum atomic E-state index is 12.7. The van der Waals surface area contributed by atoms with Crippen LogP contribution in [-0.4, -0.2) is 42.8 Å². The number of nitrogens with one attached hydrogen (secondary N) is 1. The van der Waals surface area contributed by atoms with Crippen LogP contribution in [0.25, 0.3) is 0 Å². The Balaban J connectivity index is 3.06. The number of alkyl halides is 3. The summed E-state index contributed by atoms with van der Waals surface area (Å²) in [4.78, 5) is 13.4. The van der Waals surface area contributed by atoms with Crippen LogP contribution in [0.2, 0.25) is 0 Å². The van der Waals surface area contributed by atoms with Crippen LogP contribution in [0.3, 0.4) is 0 Å². The maximum absolute atomic E-state index is 12.7. The van der Waals surface area contributed by atoms with Crippen molar-refractivity contribution < 1.29 is 22.7 Å². The Bertz CT molecular complexity index is 419. The van der Waals surface area contributed by atoms with Gasteiger partial charge in [0, 0.05) is 18.8 Å². The fourth-order valence-electron chi connectivity index (χ4n) is 2.29. The first kappa shape index (κ1) is 17.6. The number of carbonyl (C=O) groups excluding carboxylic acids is 1. The van der Waals surface area contributed by atoms with Gasteiger partial charge in [-0.25, -0.2) is 4.79 Å². The molecule has 0 bridgehead atoms. The van der Waals surface area contributed by atoms with Crippen LogP contribution in [0.15, 0.2) is 24.0 Å². The van der Waals surface area contributed by atoms with Crippen molar-refractivity contribution in [3.63, 3.8) is 0 Å². The zero-order valence-corrected chi connectivity index (χ0v) is 12.3. The van der Waals surface area contributed by atoms with Crippen molar-refractivity contribution in [2.45, 2.75) is 38.9 Å². The van der Waals surface area contributed by atoms with E-state index in [2.05, 4.69) is 11.9 Å². The highest BCUT2D eigenvalue weighted by molar-refractivity contribution is 5.88. The molecule has 21 heavy (non-hydrogen) atoms. The van der Waals surface area contributed by atoms with Crippen LogP contribution in [0.5, 0.6) is 0 Å². The van der Waals surface area contributed by atoms with Gasteiger partial charge in [0.25, 0.3) is 0 Å². The smallest absolute Gasteiger partial charge is 0.391 e. The lowest BCUT2D eigenvalue weighted by molar-refractivity contribution is -0.150. The largest absolute Gasteiger partial charge is 0.461 e. The quantitative estimate of drug-likeness (QED) is 0.626. The summed E-state index contributed by atoms with van der Waals surface area (Å²) in [6.07, 6.45) is -3.23. The van der Waals surface area contributed by atoms with E-state index < -0.39 is 24.6 Å². The van der Waals surface area contributed by atoms with Crippen molar-refractivity contribution >= 4 is 5.97 Å². The molecule has 1 rings (SSSR count). The molecule has 7 heteroatoms. The van der Waals surface area contributed by atoms with Gasteiger partial charge in [-0.15, -0.1) is 0 Å². The Morgan fingerprint density at radius 1 is 1.52 bits per heavy atom. The monoisotopic (exact) mass is 306 g/mol. The molecule has 0 aromatic heterocycles. The molecule has 0 spiro atoms. The molecule has 0 aliphatic carbocycles. The van der Waals surface area contributed by atoms with E-state index in [0.717, 1.165) is 0 Å². The van der Waals surface area contributed by atoms with Gasteiger partial charge in [0.2, 0.25) is 0 Å². The minimum Gasteiger partial charge on any atom is -0.461 e. The third-order valence-corrected chi connectivity index (χ3v) is 3.02. The number of nitrogens with zero attached hydrogens (tertiary/aromatic N) is 1. The van der Waals surface area contributed by atoms with E-state index in [0.29, 0.717) is 18.7 Å². The first-order chi connectivity index (χ1) is 9.80. The average Bonchev–Trinajstić information content (AvgIpc) is 2.35. The topological polar surface area (TPSA) is 41.6 Å². The summed E-state index contributed by atoms with van der Waals surface area (Å²) < 4.78 is 43.1. The van der Waals surface area contributed by atoms with Crippen molar-refractivity contribution in [1.29, 1.82) is 0 Å². The minimum absolute atomic E-state index is 0.138. The number of ether oxygens (including phenoxy) is 1. The summed E-state index contributed by atoms with van der Waals surface area (Å²) in [6, 6.07) is -0.895. The van der Waals surface area contributed by atoms with Crippen molar-refractivity contribution in [3.05, 3.63) is 24.0 Å². The second kappa shape index (κ2) is 7.49. The predicted molar refractivity (Wildman–Crippen MR) is 73.3 cm³/mol. The Morgan fingerprint density at radius 2 is 2.19 bits per heavy atom. The van der Waals surface area contributed by atoms with E-state index in [1.807, 2.05) is 6.92 Å². The highest BCUT2D eigenvalue weighted by Crippen LogP contribution is 2.29. The SMILES string of the molecule is C=C1CNCC(CC(F)(F)F)N1/C(=C\CC)C(=O)OCC. The molecule has 0 aromatic rings. The molecule has 4 nitrogen and oxygen atoms in total. The Hall–Kier alpha value is -1.50. The van der Waals surface area contributed by atoms with E-state index >= 15 is 0 Å². The molecule has 1 aliphatic heterocycles. The van der Waals surface area contributed by atoms with E-state index in [1.165, 1.54) is 4.90 Å². The number of piperazine rings is 1. The molecular weight excluding hydrogens is 285 g/mol. The highest BCUT2D eigenvalue weighted by Gasteiger charge is 2.39.